The normalized spacial score (nSPS) is 12.6. The van der Waals surface area contributed by atoms with E-state index in [-0.39, 0.29) is 0 Å². The van der Waals surface area contributed by atoms with Crippen molar-refractivity contribution in [1.82, 2.24) is 15.5 Å². The second-order valence-corrected chi connectivity index (χ2v) is 5.73. The van der Waals surface area contributed by atoms with Crippen LogP contribution >= 0.6 is 23.4 Å². The van der Waals surface area contributed by atoms with Gasteiger partial charge >= 0.3 is 0 Å². The molecule has 0 fully saturated rings. The molecule has 1 aromatic heterocycles. The van der Waals surface area contributed by atoms with Crippen molar-refractivity contribution in [2.75, 3.05) is 7.05 Å². The van der Waals surface area contributed by atoms with Crippen molar-refractivity contribution in [1.29, 1.82) is 0 Å². The van der Waals surface area contributed by atoms with Gasteiger partial charge < -0.3 is 9.84 Å². The van der Waals surface area contributed by atoms with Crippen LogP contribution in [0.25, 0.3) is 0 Å². The summed E-state index contributed by atoms with van der Waals surface area (Å²) in [4.78, 5) is 5.46. The van der Waals surface area contributed by atoms with Crippen LogP contribution in [0.2, 0.25) is 5.02 Å². The fourth-order valence-corrected chi connectivity index (χ4v) is 2.55. The Morgan fingerprint density at radius 2 is 2.32 bits per heavy atom. The molecule has 0 bridgehead atoms. The first-order chi connectivity index (χ1) is 9.17. The molecule has 1 N–H and O–H groups in total. The summed E-state index contributed by atoms with van der Waals surface area (Å²) in [5, 5.41) is 7.85. The number of likely N-dealkylation sites (N-methyl/N-ethyl adjacent to an activating group) is 1. The van der Waals surface area contributed by atoms with E-state index in [0.717, 1.165) is 16.3 Å². The number of nitrogens with zero attached hydrogens (tertiary/aromatic N) is 2. The van der Waals surface area contributed by atoms with Gasteiger partial charge in [0, 0.05) is 22.4 Å². The van der Waals surface area contributed by atoms with Crippen LogP contribution in [0.1, 0.15) is 18.6 Å². The fraction of sp³-hybridized carbons (Fsp3) is 0.385. The maximum absolute atomic E-state index is 5.93. The Labute approximate surface area is 121 Å². The van der Waals surface area contributed by atoms with E-state index >= 15 is 0 Å². The average molecular weight is 298 g/mol. The van der Waals surface area contributed by atoms with Gasteiger partial charge in [-0.1, -0.05) is 22.8 Å². The van der Waals surface area contributed by atoms with Gasteiger partial charge in [-0.3, -0.25) is 0 Å². The topological polar surface area (TPSA) is 51.0 Å². The van der Waals surface area contributed by atoms with Gasteiger partial charge in [-0.15, -0.1) is 11.8 Å². The van der Waals surface area contributed by atoms with Crippen LogP contribution in [0.4, 0.5) is 0 Å². The molecule has 6 heteroatoms. The molecule has 2 aromatic rings. The number of hydrogen-bond acceptors (Lipinski definition) is 5. The molecule has 0 aliphatic carbocycles. The van der Waals surface area contributed by atoms with Crippen LogP contribution in [0.15, 0.2) is 33.7 Å². The molecule has 0 aliphatic heterocycles. The maximum Gasteiger partial charge on any atom is 0.228 e. The third-order valence-corrected chi connectivity index (χ3v) is 3.87. The predicted octanol–water partition coefficient (Wildman–Crippen LogP) is 3.17. The number of hydrogen-bond donors (Lipinski definition) is 1. The Bertz CT molecular complexity index is 532. The summed E-state index contributed by atoms with van der Waals surface area (Å²) in [7, 11) is 1.91. The molecule has 0 aliphatic rings. The van der Waals surface area contributed by atoms with Gasteiger partial charge in [-0.2, -0.15) is 4.98 Å². The molecule has 0 saturated carbocycles. The molecule has 0 amide bonds. The molecular formula is C13H16ClN3OS. The largest absolute Gasteiger partial charge is 0.339 e. The van der Waals surface area contributed by atoms with Crippen LogP contribution in [0.5, 0.6) is 0 Å². The highest BCUT2D eigenvalue weighted by molar-refractivity contribution is 7.98. The third kappa shape index (κ3) is 4.53. The third-order valence-electron chi connectivity index (χ3n) is 2.65. The molecule has 1 unspecified atom stereocenters. The van der Waals surface area contributed by atoms with Gasteiger partial charge in [0.25, 0.3) is 0 Å². The lowest BCUT2D eigenvalue weighted by atomic mass is 10.2. The first-order valence-corrected chi connectivity index (χ1v) is 7.41. The van der Waals surface area contributed by atoms with E-state index < -0.39 is 0 Å². The van der Waals surface area contributed by atoms with E-state index in [9.17, 15) is 0 Å². The minimum atomic E-state index is 0.328. The number of benzene rings is 1. The maximum atomic E-state index is 5.93. The van der Waals surface area contributed by atoms with Gasteiger partial charge in [0.2, 0.25) is 5.89 Å². The zero-order valence-corrected chi connectivity index (χ0v) is 12.5. The molecule has 4 nitrogen and oxygen atoms in total. The summed E-state index contributed by atoms with van der Waals surface area (Å²) in [5.74, 6) is 2.06. The first-order valence-electron chi connectivity index (χ1n) is 6.04. The van der Waals surface area contributed by atoms with E-state index in [1.165, 1.54) is 0 Å². The predicted molar refractivity (Wildman–Crippen MR) is 77.5 cm³/mol. The van der Waals surface area contributed by atoms with E-state index in [0.29, 0.717) is 23.5 Å². The van der Waals surface area contributed by atoms with E-state index in [1.54, 1.807) is 11.8 Å². The van der Waals surface area contributed by atoms with Crippen LogP contribution in [0, 0.1) is 0 Å². The second kappa shape index (κ2) is 6.93. The van der Waals surface area contributed by atoms with Crippen molar-refractivity contribution < 1.29 is 4.52 Å². The number of thioether (sulfide) groups is 1. The van der Waals surface area contributed by atoms with E-state index in [1.807, 2.05) is 31.3 Å². The molecule has 1 aromatic carbocycles. The quantitative estimate of drug-likeness (QED) is 0.830. The van der Waals surface area contributed by atoms with Crippen LogP contribution in [0.3, 0.4) is 0 Å². The standard InChI is InChI=1S/C13H16ClN3OS/c1-9(15-2)6-13-16-12(17-18-13)8-19-11-5-3-4-10(14)7-11/h3-5,7,9,15H,6,8H2,1-2H3. The molecule has 2 rings (SSSR count). The van der Waals surface area contributed by atoms with E-state index in [4.69, 9.17) is 16.1 Å². The number of nitrogens with one attached hydrogen (secondary N) is 1. The molecule has 0 saturated heterocycles. The lowest BCUT2D eigenvalue weighted by molar-refractivity contribution is 0.362. The summed E-state index contributed by atoms with van der Waals surface area (Å²) in [6.45, 7) is 2.07. The molecule has 0 spiro atoms. The van der Waals surface area contributed by atoms with Crippen molar-refractivity contribution >= 4 is 23.4 Å². The van der Waals surface area contributed by atoms with Gasteiger partial charge in [0.05, 0.1) is 5.75 Å². The number of rotatable bonds is 6. The minimum absolute atomic E-state index is 0.328. The Balaban J connectivity index is 1.90. The number of halogens is 1. The van der Waals surface area contributed by atoms with Crippen LogP contribution < -0.4 is 5.32 Å². The molecule has 19 heavy (non-hydrogen) atoms. The zero-order valence-electron chi connectivity index (χ0n) is 10.9. The van der Waals surface area contributed by atoms with Crippen molar-refractivity contribution in [3.63, 3.8) is 0 Å². The lowest BCUT2D eigenvalue weighted by Crippen LogP contribution is -2.23. The van der Waals surface area contributed by atoms with Crippen molar-refractivity contribution in [2.24, 2.45) is 0 Å². The summed E-state index contributed by atoms with van der Waals surface area (Å²) in [6, 6.07) is 8.06. The SMILES string of the molecule is CNC(C)Cc1nc(CSc2cccc(Cl)c2)no1. The summed E-state index contributed by atoms with van der Waals surface area (Å²) < 4.78 is 5.21. The lowest BCUT2D eigenvalue weighted by Gasteiger charge is -2.04. The summed E-state index contributed by atoms with van der Waals surface area (Å²) in [6.07, 6.45) is 0.741. The van der Waals surface area contributed by atoms with Crippen molar-refractivity contribution in [2.45, 2.75) is 30.0 Å². The van der Waals surface area contributed by atoms with Crippen molar-refractivity contribution in [3.05, 3.63) is 41.0 Å². The Kier molecular flexibility index (Phi) is 5.24. The minimum Gasteiger partial charge on any atom is -0.339 e. The second-order valence-electron chi connectivity index (χ2n) is 4.24. The average Bonchev–Trinajstić information content (AvgIpc) is 2.84. The first kappa shape index (κ1) is 14.4. The van der Waals surface area contributed by atoms with Gasteiger partial charge in [-0.05, 0) is 32.2 Å². The Morgan fingerprint density at radius 3 is 3.05 bits per heavy atom. The van der Waals surface area contributed by atoms with Crippen LogP contribution in [-0.4, -0.2) is 23.2 Å². The van der Waals surface area contributed by atoms with Crippen molar-refractivity contribution in [3.8, 4) is 0 Å². The fourth-order valence-electron chi connectivity index (χ4n) is 1.50. The molecular weight excluding hydrogens is 282 g/mol. The number of aromatic nitrogens is 2. The summed E-state index contributed by atoms with van der Waals surface area (Å²) >= 11 is 7.57. The zero-order chi connectivity index (χ0) is 13.7. The highest BCUT2D eigenvalue weighted by Gasteiger charge is 2.09. The molecule has 0 radical (unpaired) electrons. The highest BCUT2D eigenvalue weighted by atomic mass is 35.5. The Morgan fingerprint density at radius 1 is 1.47 bits per heavy atom. The highest BCUT2D eigenvalue weighted by Crippen LogP contribution is 2.24. The molecule has 1 heterocycles. The summed E-state index contributed by atoms with van der Waals surface area (Å²) in [5.41, 5.74) is 0. The molecule has 102 valence electrons. The smallest absolute Gasteiger partial charge is 0.228 e. The van der Waals surface area contributed by atoms with Gasteiger partial charge in [-0.25, -0.2) is 0 Å². The van der Waals surface area contributed by atoms with E-state index in [2.05, 4.69) is 22.4 Å². The van der Waals surface area contributed by atoms with Gasteiger partial charge in [0.15, 0.2) is 5.82 Å². The Hall–Kier alpha value is -1.04. The van der Waals surface area contributed by atoms with Crippen LogP contribution in [-0.2, 0) is 12.2 Å². The monoisotopic (exact) mass is 297 g/mol. The van der Waals surface area contributed by atoms with Gasteiger partial charge in [0.1, 0.15) is 0 Å². The molecule has 1 atom stereocenters.